The van der Waals surface area contributed by atoms with Gasteiger partial charge in [0.25, 0.3) is 11.8 Å². The van der Waals surface area contributed by atoms with Crippen LogP contribution < -0.4 is 35.6 Å². The van der Waals surface area contributed by atoms with Crippen LogP contribution in [0.1, 0.15) is 127 Å². The van der Waals surface area contributed by atoms with Gasteiger partial charge < -0.3 is 53.6 Å². The predicted molar refractivity (Wildman–Crippen MR) is 354 cm³/mol. The minimum Gasteiger partial charge on any atom is -0.491 e. The molecule has 0 spiro atoms. The second-order valence-corrected chi connectivity index (χ2v) is 28.4. The molecular formula is C72H104N6O17+2. The zero-order valence-corrected chi connectivity index (χ0v) is 57.2. The third-order valence-corrected chi connectivity index (χ3v) is 18.4. The van der Waals surface area contributed by atoms with E-state index in [9.17, 15) is 49.2 Å². The van der Waals surface area contributed by atoms with Gasteiger partial charge in [-0.15, -0.1) is 0 Å². The summed E-state index contributed by atoms with van der Waals surface area (Å²) in [6.45, 7) is 11.9. The molecule has 8 N–H and O–H groups in total. The van der Waals surface area contributed by atoms with E-state index in [0.717, 1.165) is 87.2 Å². The number of carboxylic acid groups (broad SMARTS) is 2. The smallest absolute Gasteiger partial charge is 0.317 e. The van der Waals surface area contributed by atoms with E-state index in [0.29, 0.717) is 50.4 Å². The number of likely N-dealkylation sites (N-methyl/N-ethyl adjacent to an activating group) is 2. The molecule has 4 aromatic carbocycles. The molecule has 4 aromatic rings. The number of hydrogen-bond acceptors (Lipinski definition) is 17. The van der Waals surface area contributed by atoms with Gasteiger partial charge in [0, 0.05) is 24.9 Å². The summed E-state index contributed by atoms with van der Waals surface area (Å²) < 4.78 is 38.0. The van der Waals surface area contributed by atoms with Crippen LogP contribution in [0.2, 0.25) is 0 Å². The van der Waals surface area contributed by atoms with Crippen LogP contribution in [0.4, 0.5) is 0 Å². The van der Waals surface area contributed by atoms with E-state index in [1.54, 1.807) is 42.3 Å². The van der Waals surface area contributed by atoms with Gasteiger partial charge in [0.1, 0.15) is 86.9 Å². The number of nitrogens with one attached hydrogen (secondary N) is 2. The highest BCUT2D eigenvalue weighted by Gasteiger charge is 2.45. The topological polar surface area (TPSA) is 308 Å². The van der Waals surface area contributed by atoms with Crippen LogP contribution in [0.15, 0.2) is 97.1 Å². The summed E-state index contributed by atoms with van der Waals surface area (Å²) in [5.74, 6) is 2.06. The van der Waals surface area contributed by atoms with Gasteiger partial charge in [0.15, 0.2) is 0 Å². The normalized spacial score (nSPS) is 23.0. The van der Waals surface area contributed by atoms with Crippen molar-refractivity contribution in [1.29, 1.82) is 0 Å². The van der Waals surface area contributed by atoms with E-state index < -0.39 is 47.8 Å². The Morgan fingerprint density at radius 1 is 0.505 bits per heavy atom. The molecule has 23 nitrogen and oxygen atoms in total. The summed E-state index contributed by atoms with van der Waals surface area (Å²) in [6, 6.07) is 32.0. The molecule has 0 radical (unpaired) electrons. The highest BCUT2D eigenvalue weighted by molar-refractivity contribution is 5.96. The number of hydrazine groups is 1. The average Bonchev–Trinajstić information content (AvgIpc) is 1.44. The summed E-state index contributed by atoms with van der Waals surface area (Å²) in [5.41, 5.74) is 9.92. The van der Waals surface area contributed by atoms with Crippen molar-refractivity contribution in [3.05, 3.63) is 119 Å². The molecule has 6 aliphatic rings. The lowest BCUT2D eigenvalue weighted by Gasteiger charge is -2.34. The molecule has 10 unspecified atom stereocenters. The molecule has 2 amide bonds. The third kappa shape index (κ3) is 23.3. The van der Waals surface area contributed by atoms with Gasteiger partial charge in [0.05, 0.1) is 76.9 Å². The first kappa shape index (κ1) is 75.2. The molecular weight excluding hydrogens is 1220 g/mol. The van der Waals surface area contributed by atoms with Crippen molar-refractivity contribution in [1.82, 2.24) is 15.9 Å². The number of carbonyl (C=O) groups excluding carboxylic acids is 4. The molecule has 10 rings (SSSR count). The molecule has 3 saturated heterocycles. The number of aliphatic carboxylic acids is 2. The van der Waals surface area contributed by atoms with Crippen LogP contribution >= 0.6 is 0 Å². The van der Waals surface area contributed by atoms with E-state index in [4.69, 9.17) is 34.3 Å². The minimum absolute atomic E-state index is 0.0104. The van der Waals surface area contributed by atoms with Crippen molar-refractivity contribution < 1.29 is 91.5 Å². The first-order chi connectivity index (χ1) is 44.9. The monoisotopic (exact) mass is 1320 g/mol. The Bertz CT molecular complexity index is 2930. The molecule has 3 saturated carbocycles. The summed E-state index contributed by atoms with van der Waals surface area (Å²) in [6.07, 6.45) is 7.89. The van der Waals surface area contributed by atoms with Gasteiger partial charge in [-0.25, -0.2) is 20.0 Å². The lowest BCUT2D eigenvalue weighted by atomic mass is 9.78. The van der Waals surface area contributed by atoms with Gasteiger partial charge in [0.2, 0.25) is 0 Å². The Hall–Kier alpha value is -7.22. The fourth-order valence-corrected chi connectivity index (χ4v) is 12.7. The second kappa shape index (κ2) is 34.1. The van der Waals surface area contributed by atoms with Crippen molar-refractivity contribution in [2.75, 3.05) is 95.0 Å². The molecule has 3 aliphatic heterocycles. The number of fused-ring (bicyclic) bond motifs is 1. The molecule has 0 aromatic heterocycles. The maximum atomic E-state index is 13.0. The van der Waals surface area contributed by atoms with Gasteiger partial charge >= 0.3 is 23.9 Å². The summed E-state index contributed by atoms with van der Waals surface area (Å²) in [4.78, 5) is 71.2. The molecule has 0 bridgehead atoms. The summed E-state index contributed by atoms with van der Waals surface area (Å²) in [5, 5.41) is 42.1. The molecule has 522 valence electrons. The van der Waals surface area contributed by atoms with Crippen LogP contribution in [-0.4, -0.2) is 190 Å². The van der Waals surface area contributed by atoms with Gasteiger partial charge in [-0.2, -0.15) is 0 Å². The number of carboxylic acids is 2. The van der Waals surface area contributed by atoms with Crippen molar-refractivity contribution in [3.8, 4) is 23.0 Å². The van der Waals surface area contributed by atoms with E-state index in [-0.39, 0.29) is 94.1 Å². The molecule has 23 heteroatoms. The van der Waals surface area contributed by atoms with Crippen LogP contribution in [0.5, 0.6) is 23.0 Å². The number of epoxide rings is 2. The number of quaternary nitrogens is 2. The number of carbonyl (C=O) groups is 6. The standard InChI is InChI=1S/C41H60N4O10.C21H24O4.C8H10O3.C2H8N2/c1-41(2,27-15-19-31(20-16-27)54-25-29(46)23-44(3,4)42-37(48)33-11-7-9-13-35(33)39(50)51)28-17-21-32(22-18-28)55-26-30(47)24-45(5,6)43-38(49)34-12-8-10-14-36(34)40(52)53;1-21(2,15-3-7-17(8-4-15)22-11-19-13-24-19)16-5-9-18(10-6-16)23-12-20-14-25-20;9-7-5-3-1-2-4-6(5)8(10)11-7;1-4(2)3/h15-22,29-30,33-36,46-47H,7-14,23-26H2,1-6H3,(H2-2,42,43,48,49,50,51,52,53);3-10,19-20H,11-14H2,1-2H3;5-6H,1-4H2;3H2,1-2H3/p+2. The highest BCUT2D eigenvalue weighted by atomic mass is 16.6. The van der Waals surface area contributed by atoms with Crippen molar-refractivity contribution in [2.24, 2.45) is 41.4 Å². The maximum absolute atomic E-state index is 13.0. The SMILES string of the molecule is CC(C)(c1ccc(OCC(O)C[N+](C)(C)NC(=O)C2CCCCC2C(=O)O)cc1)c1ccc(OCC(O)C[N+](C)(C)NC(=O)C2CCCCC2C(=O)O)cc1.CC(C)(c1ccc(OCC2CO2)cc1)c1ccc(OCC2CO2)cc1.CN(C)N.O=C1OC(=O)C2CCCCC12. The predicted octanol–water partition coefficient (Wildman–Crippen LogP) is 7.35. The quantitative estimate of drug-likeness (QED) is 0.00806. The van der Waals surface area contributed by atoms with Gasteiger partial charge in [-0.1, -0.05) is 115 Å². The maximum Gasteiger partial charge on any atom is 0.317 e. The third-order valence-electron chi connectivity index (χ3n) is 18.4. The Labute approximate surface area is 559 Å². The van der Waals surface area contributed by atoms with E-state index in [1.807, 2.05) is 72.8 Å². The number of rotatable bonds is 26. The fourth-order valence-electron chi connectivity index (χ4n) is 12.7. The van der Waals surface area contributed by atoms with Crippen molar-refractivity contribution in [3.63, 3.8) is 0 Å². The largest absolute Gasteiger partial charge is 0.491 e. The number of esters is 2. The van der Waals surface area contributed by atoms with Crippen LogP contribution in [0.25, 0.3) is 0 Å². The summed E-state index contributed by atoms with van der Waals surface area (Å²) >= 11 is 0. The second-order valence-electron chi connectivity index (χ2n) is 28.4. The number of aliphatic hydroxyl groups excluding tert-OH is 2. The van der Waals surface area contributed by atoms with Gasteiger partial charge in [-0.05, 0) is 109 Å². The Morgan fingerprint density at radius 2 is 0.768 bits per heavy atom. The fraction of sp³-hybridized carbons (Fsp3) is 0.583. The van der Waals surface area contributed by atoms with Crippen LogP contribution in [0, 0.1) is 35.5 Å². The highest BCUT2D eigenvalue weighted by Crippen LogP contribution is 2.38. The number of amides is 2. The summed E-state index contributed by atoms with van der Waals surface area (Å²) in [7, 11) is 10.6. The molecule has 3 heterocycles. The Morgan fingerprint density at radius 3 is 1.04 bits per heavy atom. The Balaban J connectivity index is 0.000000256. The van der Waals surface area contributed by atoms with Crippen molar-refractivity contribution in [2.45, 2.75) is 140 Å². The lowest BCUT2D eigenvalue weighted by Crippen LogP contribution is -2.60. The molecule has 6 fully saturated rings. The molecule has 3 aliphatic carbocycles. The number of nitrogens with zero attached hydrogens (tertiary/aromatic N) is 3. The zero-order valence-electron chi connectivity index (χ0n) is 57.2. The van der Waals surface area contributed by atoms with E-state index in [2.05, 4.69) is 67.5 Å². The van der Waals surface area contributed by atoms with Crippen molar-refractivity contribution >= 4 is 35.7 Å². The number of nitrogens with two attached hydrogens (primary N) is 1. The number of cyclic esters (lactones) is 2. The zero-order chi connectivity index (χ0) is 69.3. The molecule has 95 heavy (non-hydrogen) atoms. The number of hydrogen-bond donors (Lipinski definition) is 7. The number of aliphatic hydroxyl groups is 2. The Kier molecular flexibility index (Phi) is 27.0. The average molecular weight is 1330 g/mol. The van der Waals surface area contributed by atoms with Crippen LogP contribution in [-0.2, 0) is 53.8 Å². The van der Waals surface area contributed by atoms with E-state index in [1.165, 1.54) is 16.1 Å². The lowest BCUT2D eigenvalue weighted by molar-refractivity contribution is -0.928. The van der Waals surface area contributed by atoms with Gasteiger partial charge in [-0.3, -0.25) is 39.6 Å². The minimum atomic E-state index is -0.944. The number of benzene rings is 4. The molecule has 10 atom stereocenters. The number of ether oxygens (including phenoxy) is 7. The van der Waals surface area contributed by atoms with Crippen LogP contribution in [0.3, 0.4) is 0 Å². The first-order valence-corrected chi connectivity index (χ1v) is 33.4. The first-order valence-electron chi connectivity index (χ1n) is 33.4. The van der Waals surface area contributed by atoms with E-state index >= 15 is 0 Å².